The summed E-state index contributed by atoms with van der Waals surface area (Å²) in [7, 11) is 1.61. The van der Waals surface area contributed by atoms with Crippen LogP contribution in [0.15, 0.2) is 34.9 Å². The maximum atomic E-state index is 13.2. The number of aromatic amines is 1. The highest BCUT2D eigenvalue weighted by atomic mass is 79.9. The van der Waals surface area contributed by atoms with E-state index in [2.05, 4.69) is 31.2 Å². The number of carbonyl (C=O) groups is 2. The number of methoxy groups -OCH3 is 1. The molecule has 0 unspecified atom stereocenters. The van der Waals surface area contributed by atoms with E-state index in [1.807, 2.05) is 38.1 Å². The molecule has 1 saturated heterocycles. The third-order valence-electron chi connectivity index (χ3n) is 5.16. The summed E-state index contributed by atoms with van der Waals surface area (Å²) in [5.74, 6) is 0.206. The van der Waals surface area contributed by atoms with Crippen LogP contribution in [-0.2, 0) is 9.53 Å². The summed E-state index contributed by atoms with van der Waals surface area (Å²) in [4.78, 5) is 33.8. The maximum absolute atomic E-state index is 13.2. The molecule has 0 saturated carbocycles. The zero-order valence-electron chi connectivity index (χ0n) is 16.6. The van der Waals surface area contributed by atoms with Crippen molar-refractivity contribution >= 4 is 27.9 Å². The van der Waals surface area contributed by atoms with Crippen molar-refractivity contribution in [1.82, 2.24) is 20.2 Å². The fraction of sp³-hybridized carbons (Fsp3) is 0.450. The van der Waals surface area contributed by atoms with E-state index in [4.69, 9.17) is 9.84 Å². The second kappa shape index (κ2) is 8.96. The van der Waals surface area contributed by atoms with Crippen molar-refractivity contribution in [2.45, 2.75) is 38.5 Å². The summed E-state index contributed by atoms with van der Waals surface area (Å²) in [5.41, 5.74) is 1.84. The van der Waals surface area contributed by atoms with E-state index >= 15 is 0 Å². The molecule has 1 aromatic heterocycles. The van der Waals surface area contributed by atoms with E-state index in [-0.39, 0.29) is 24.0 Å². The summed E-state index contributed by atoms with van der Waals surface area (Å²) < 4.78 is 6.48. The molecule has 29 heavy (non-hydrogen) atoms. The Hall–Kier alpha value is -2.39. The maximum Gasteiger partial charge on any atom is 0.405 e. The minimum atomic E-state index is -1.22. The molecule has 156 valence electrons. The van der Waals surface area contributed by atoms with Crippen LogP contribution in [0.5, 0.6) is 0 Å². The van der Waals surface area contributed by atoms with E-state index < -0.39 is 12.1 Å². The van der Waals surface area contributed by atoms with Gasteiger partial charge in [-0.15, -0.1) is 0 Å². The molecule has 3 rings (SSSR count). The van der Waals surface area contributed by atoms with E-state index in [0.717, 1.165) is 15.7 Å². The van der Waals surface area contributed by atoms with Crippen LogP contribution >= 0.6 is 15.9 Å². The lowest BCUT2D eigenvalue weighted by atomic mass is 10.0. The molecule has 1 aliphatic heterocycles. The molecule has 9 heteroatoms. The monoisotopic (exact) mass is 464 g/mol. The zero-order valence-corrected chi connectivity index (χ0v) is 18.1. The van der Waals surface area contributed by atoms with E-state index in [0.29, 0.717) is 18.8 Å². The number of likely N-dealkylation sites (tertiary alicyclic amines) is 1. The molecule has 0 aliphatic carbocycles. The number of carboxylic acid groups (broad SMARTS) is 1. The SMILES string of the molecule is CO[C@@H]1C[C@@H](c2ncc(-c3ccc(Br)cc3)[nH]2)N(C(=O)[C@@H](NC(=O)O)C(C)C)C1. The summed E-state index contributed by atoms with van der Waals surface area (Å²) >= 11 is 3.43. The third kappa shape index (κ3) is 4.79. The fourth-order valence-corrected chi connectivity index (χ4v) is 3.84. The van der Waals surface area contributed by atoms with Crippen molar-refractivity contribution < 1.29 is 19.4 Å². The normalized spacial score (nSPS) is 20.1. The number of rotatable bonds is 6. The lowest BCUT2D eigenvalue weighted by Gasteiger charge is -2.29. The predicted octanol–water partition coefficient (Wildman–Crippen LogP) is 3.42. The highest BCUT2D eigenvalue weighted by molar-refractivity contribution is 9.10. The Morgan fingerprint density at radius 2 is 2.03 bits per heavy atom. The van der Waals surface area contributed by atoms with Crippen LogP contribution in [0.25, 0.3) is 11.3 Å². The Morgan fingerprint density at radius 1 is 1.34 bits per heavy atom. The molecular weight excluding hydrogens is 440 g/mol. The molecular formula is C20H25BrN4O4. The van der Waals surface area contributed by atoms with Crippen LogP contribution in [-0.4, -0.2) is 57.8 Å². The first-order valence-corrected chi connectivity index (χ1v) is 10.2. The minimum absolute atomic E-state index is 0.136. The average Bonchev–Trinajstić information content (AvgIpc) is 3.32. The standard InChI is InChI=1S/C20H25BrN4O4/c1-11(2)17(24-20(27)28)19(26)25-10-14(29-3)8-16(25)18-22-9-15(23-18)12-4-6-13(21)7-5-12/h4-7,9,11,14,16-17,24H,8,10H2,1-3H3,(H,22,23)(H,27,28)/t14-,16+,17+/m1/s1. The molecule has 0 spiro atoms. The van der Waals surface area contributed by atoms with Crippen molar-refractivity contribution in [2.24, 2.45) is 5.92 Å². The van der Waals surface area contributed by atoms with Gasteiger partial charge in [-0.25, -0.2) is 9.78 Å². The topological polar surface area (TPSA) is 108 Å². The van der Waals surface area contributed by atoms with Crippen LogP contribution < -0.4 is 5.32 Å². The predicted molar refractivity (Wildman–Crippen MR) is 111 cm³/mol. The first kappa shape index (κ1) is 21.3. The van der Waals surface area contributed by atoms with E-state index in [1.54, 1.807) is 18.2 Å². The van der Waals surface area contributed by atoms with Crippen molar-refractivity contribution in [2.75, 3.05) is 13.7 Å². The molecule has 0 bridgehead atoms. The largest absolute Gasteiger partial charge is 0.465 e. The minimum Gasteiger partial charge on any atom is -0.465 e. The van der Waals surface area contributed by atoms with Crippen LogP contribution in [0.3, 0.4) is 0 Å². The van der Waals surface area contributed by atoms with Gasteiger partial charge in [0.25, 0.3) is 0 Å². The summed E-state index contributed by atoms with van der Waals surface area (Å²) in [6.45, 7) is 4.02. The number of hydrogen-bond donors (Lipinski definition) is 3. The number of ether oxygens (including phenoxy) is 1. The number of hydrogen-bond acceptors (Lipinski definition) is 4. The summed E-state index contributed by atoms with van der Waals surface area (Å²) in [6.07, 6.45) is 0.985. The lowest BCUT2D eigenvalue weighted by molar-refractivity contribution is -0.135. The summed E-state index contributed by atoms with van der Waals surface area (Å²) in [5, 5.41) is 11.5. The highest BCUT2D eigenvalue weighted by Gasteiger charge is 2.41. The smallest absolute Gasteiger partial charge is 0.405 e. The van der Waals surface area contributed by atoms with Gasteiger partial charge in [0, 0.05) is 24.5 Å². The van der Waals surface area contributed by atoms with Gasteiger partial charge in [-0.3, -0.25) is 4.79 Å². The highest BCUT2D eigenvalue weighted by Crippen LogP contribution is 2.34. The van der Waals surface area contributed by atoms with E-state index in [9.17, 15) is 9.59 Å². The molecule has 2 aromatic rings. The number of H-pyrrole nitrogens is 1. The van der Waals surface area contributed by atoms with Crippen LogP contribution in [0.4, 0.5) is 4.79 Å². The van der Waals surface area contributed by atoms with Gasteiger partial charge in [0.1, 0.15) is 11.9 Å². The molecule has 2 heterocycles. The number of halogens is 1. The Balaban J connectivity index is 1.87. The van der Waals surface area contributed by atoms with Gasteiger partial charge in [0.2, 0.25) is 5.91 Å². The molecule has 1 fully saturated rings. The van der Waals surface area contributed by atoms with Gasteiger partial charge in [0.15, 0.2) is 0 Å². The quantitative estimate of drug-likeness (QED) is 0.606. The van der Waals surface area contributed by atoms with Crippen LogP contribution in [0.2, 0.25) is 0 Å². The van der Waals surface area contributed by atoms with Gasteiger partial charge in [-0.05, 0) is 23.6 Å². The molecule has 3 N–H and O–H groups in total. The van der Waals surface area contributed by atoms with Gasteiger partial charge < -0.3 is 25.0 Å². The number of imidazole rings is 1. The first-order chi connectivity index (χ1) is 13.8. The Labute approximate surface area is 177 Å². The number of carbonyl (C=O) groups excluding carboxylic acids is 1. The average molecular weight is 465 g/mol. The van der Waals surface area contributed by atoms with Crippen LogP contribution in [0.1, 0.15) is 32.1 Å². The third-order valence-corrected chi connectivity index (χ3v) is 5.69. The first-order valence-electron chi connectivity index (χ1n) is 9.43. The number of aromatic nitrogens is 2. The summed E-state index contributed by atoms with van der Waals surface area (Å²) in [6, 6.07) is 6.71. The molecule has 2 amide bonds. The molecule has 3 atom stereocenters. The number of nitrogens with zero attached hydrogens (tertiary/aromatic N) is 2. The number of benzene rings is 1. The molecule has 0 radical (unpaired) electrons. The van der Waals surface area contributed by atoms with Crippen LogP contribution in [0, 0.1) is 5.92 Å². The van der Waals surface area contributed by atoms with Crippen molar-refractivity contribution in [3.8, 4) is 11.3 Å². The van der Waals surface area contributed by atoms with E-state index in [1.165, 1.54) is 0 Å². The van der Waals surface area contributed by atoms with Gasteiger partial charge in [-0.1, -0.05) is 41.9 Å². The van der Waals surface area contributed by atoms with Gasteiger partial charge in [0.05, 0.1) is 24.0 Å². The van der Waals surface area contributed by atoms with Gasteiger partial charge >= 0.3 is 6.09 Å². The molecule has 8 nitrogen and oxygen atoms in total. The second-order valence-corrected chi connectivity index (χ2v) is 8.38. The molecule has 1 aliphatic rings. The number of amides is 2. The van der Waals surface area contributed by atoms with Crippen molar-refractivity contribution in [3.63, 3.8) is 0 Å². The molecule has 1 aromatic carbocycles. The van der Waals surface area contributed by atoms with Crippen molar-refractivity contribution in [3.05, 3.63) is 40.8 Å². The van der Waals surface area contributed by atoms with Gasteiger partial charge in [-0.2, -0.15) is 0 Å². The van der Waals surface area contributed by atoms with Crippen molar-refractivity contribution in [1.29, 1.82) is 0 Å². The Morgan fingerprint density at radius 3 is 2.62 bits per heavy atom. The number of nitrogens with one attached hydrogen (secondary N) is 2. The Bertz CT molecular complexity index is 868. The second-order valence-electron chi connectivity index (χ2n) is 7.46. The lowest BCUT2D eigenvalue weighted by Crippen LogP contribution is -2.51. The zero-order chi connectivity index (χ0) is 21.1. The fourth-order valence-electron chi connectivity index (χ4n) is 3.58. The Kier molecular flexibility index (Phi) is 6.59.